The molecule has 0 aliphatic carbocycles. The Bertz CT molecular complexity index is 365. The molecule has 2 nitrogen and oxygen atoms in total. The van der Waals surface area contributed by atoms with Gasteiger partial charge in [-0.15, -0.1) is 0 Å². The summed E-state index contributed by atoms with van der Waals surface area (Å²) in [6, 6.07) is 10.2. The smallest absolute Gasteiger partial charge is 0.0368 e. The first-order valence-corrected chi connectivity index (χ1v) is 7.77. The molecule has 1 N–H and O–H groups in total. The average molecular weight is 260 g/mol. The molecule has 19 heavy (non-hydrogen) atoms. The molecule has 1 heterocycles. The fourth-order valence-electron chi connectivity index (χ4n) is 3.15. The van der Waals surface area contributed by atoms with Crippen molar-refractivity contribution in [3.63, 3.8) is 0 Å². The highest BCUT2D eigenvalue weighted by atomic mass is 15.2. The van der Waals surface area contributed by atoms with Crippen LogP contribution in [0.2, 0.25) is 0 Å². The molecule has 1 aliphatic rings. The van der Waals surface area contributed by atoms with Crippen molar-refractivity contribution in [2.24, 2.45) is 0 Å². The molecular formula is C17H28N2. The molecule has 1 fully saturated rings. The van der Waals surface area contributed by atoms with Gasteiger partial charge in [-0.1, -0.05) is 24.1 Å². The third-order valence-electron chi connectivity index (χ3n) is 4.28. The van der Waals surface area contributed by atoms with E-state index in [-0.39, 0.29) is 0 Å². The number of hydrogen-bond donors (Lipinski definition) is 1. The molecule has 0 amide bonds. The molecule has 2 unspecified atom stereocenters. The van der Waals surface area contributed by atoms with Crippen LogP contribution in [-0.2, 0) is 0 Å². The molecule has 106 valence electrons. The Morgan fingerprint density at radius 2 is 2.00 bits per heavy atom. The summed E-state index contributed by atoms with van der Waals surface area (Å²) in [5.74, 6) is 0. The zero-order valence-corrected chi connectivity index (χ0v) is 12.7. The number of aryl methyl sites for hydroxylation is 1. The van der Waals surface area contributed by atoms with Gasteiger partial charge < -0.3 is 10.2 Å². The summed E-state index contributed by atoms with van der Waals surface area (Å²) in [6.45, 7) is 9.05. The van der Waals surface area contributed by atoms with E-state index in [2.05, 4.69) is 55.3 Å². The Labute approximate surface area is 118 Å². The first kappa shape index (κ1) is 14.4. The van der Waals surface area contributed by atoms with Crippen molar-refractivity contribution in [1.82, 2.24) is 5.32 Å². The van der Waals surface area contributed by atoms with Crippen molar-refractivity contribution in [3.8, 4) is 0 Å². The van der Waals surface area contributed by atoms with E-state index in [1.807, 2.05) is 0 Å². The molecule has 2 atom stereocenters. The predicted octanol–water partition coefficient (Wildman–Crippen LogP) is 3.74. The van der Waals surface area contributed by atoms with Crippen molar-refractivity contribution >= 4 is 5.69 Å². The maximum absolute atomic E-state index is 3.66. The lowest BCUT2D eigenvalue weighted by atomic mass is 9.97. The quantitative estimate of drug-likeness (QED) is 0.867. The van der Waals surface area contributed by atoms with Crippen molar-refractivity contribution < 1.29 is 0 Å². The van der Waals surface area contributed by atoms with Gasteiger partial charge in [-0.3, -0.25) is 0 Å². The number of piperidine rings is 1. The number of nitrogens with zero attached hydrogens (tertiary/aromatic N) is 1. The summed E-state index contributed by atoms with van der Waals surface area (Å²) in [7, 11) is 0. The largest absolute Gasteiger partial charge is 0.369 e. The van der Waals surface area contributed by atoms with E-state index < -0.39 is 0 Å². The summed E-state index contributed by atoms with van der Waals surface area (Å²) in [5, 5.41) is 3.66. The number of rotatable bonds is 5. The predicted molar refractivity (Wildman–Crippen MR) is 83.9 cm³/mol. The normalized spacial score (nSPS) is 21.1. The van der Waals surface area contributed by atoms with Crippen molar-refractivity contribution in [1.29, 1.82) is 0 Å². The summed E-state index contributed by atoms with van der Waals surface area (Å²) in [6.07, 6.45) is 5.33. The molecular weight excluding hydrogens is 232 g/mol. The molecule has 1 aromatic rings. The molecule has 0 saturated carbocycles. The molecule has 0 aromatic heterocycles. The molecule has 1 aliphatic heterocycles. The number of hydrogen-bond acceptors (Lipinski definition) is 2. The van der Waals surface area contributed by atoms with Gasteiger partial charge >= 0.3 is 0 Å². The Morgan fingerprint density at radius 3 is 2.58 bits per heavy atom. The van der Waals surface area contributed by atoms with E-state index in [9.17, 15) is 0 Å². The van der Waals surface area contributed by atoms with E-state index in [4.69, 9.17) is 0 Å². The summed E-state index contributed by atoms with van der Waals surface area (Å²) < 4.78 is 0. The minimum absolute atomic E-state index is 0.600. The van der Waals surface area contributed by atoms with Gasteiger partial charge in [0.1, 0.15) is 0 Å². The van der Waals surface area contributed by atoms with Crippen molar-refractivity contribution in [2.75, 3.05) is 18.0 Å². The maximum atomic E-state index is 3.66. The number of benzene rings is 1. The Kier molecular flexibility index (Phi) is 5.26. The topological polar surface area (TPSA) is 15.3 Å². The van der Waals surface area contributed by atoms with Gasteiger partial charge in [-0.05, 0) is 58.7 Å². The SMILES string of the molecule is CCN(c1ccc(C)cc1)C(C)CC1CCCCN1. The lowest BCUT2D eigenvalue weighted by Crippen LogP contribution is -2.42. The van der Waals surface area contributed by atoms with E-state index in [0.29, 0.717) is 12.1 Å². The third kappa shape index (κ3) is 3.97. The van der Waals surface area contributed by atoms with Crippen molar-refractivity contribution in [2.45, 2.75) is 58.5 Å². The fourth-order valence-corrected chi connectivity index (χ4v) is 3.15. The minimum atomic E-state index is 0.600. The van der Waals surface area contributed by atoms with Crippen LogP contribution in [0.4, 0.5) is 5.69 Å². The zero-order valence-electron chi connectivity index (χ0n) is 12.7. The van der Waals surface area contributed by atoms with Crippen molar-refractivity contribution in [3.05, 3.63) is 29.8 Å². The van der Waals surface area contributed by atoms with Gasteiger partial charge in [0.2, 0.25) is 0 Å². The lowest BCUT2D eigenvalue weighted by molar-refractivity contribution is 0.360. The first-order valence-electron chi connectivity index (χ1n) is 7.77. The highest BCUT2D eigenvalue weighted by molar-refractivity contribution is 5.48. The first-order chi connectivity index (χ1) is 9.20. The Balaban J connectivity index is 1.97. The molecule has 2 heteroatoms. The highest BCUT2D eigenvalue weighted by Gasteiger charge is 2.19. The Hall–Kier alpha value is -1.02. The van der Waals surface area contributed by atoms with Crippen LogP contribution in [0, 0.1) is 6.92 Å². The van der Waals surface area contributed by atoms with E-state index in [0.717, 1.165) is 6.54 Å². The maximum Gasteiger partial charge on any atom is 0.0368 e. The van der Waals surface area contributed by atoms with Gasteiger partial charge in [-0.25, -0.2) is 0 Å². The van der Waals surface area contributed by atoms with Crippen LogP contribution in [0.25, 0.3) is 0 Å². The summed E-state index contributed by atoms with van der Waals surface area (Å²) in [5.41, 5.74) is 2.69. The molecule has 1 saturated heterocycles. The fraction of sp³-hybridized carbons (Fsp3) is 0.647. The average Bonchev–Trinajstić information content (AvgIpc) is 2.43. The van der Waals surface area contributed by atoms with Gasteiger partial charge in [0.05, 0.1) is 0 Å². The van der Waals surface area contributed by atoms with Crippen LogP contribution >= 0.6 is 0 Å². The highest BCUT2D eigenvalue weighted by Crippen LogP contribution is 2.21. The minimum Gasteiger partial charge on any atom is -0.369 e. The van der Waals surface area contributed by atoms with Crippen LogP contribution in [-0.4, -0.2) is 25.2 Å². The van der Waals surface area contributed by atoms with Gasteiger partial charge in [0, 0.05) is 24.3 Å². The monoisotopic (exact) mass is 260 g/mol. The third-order valence-corrected chi connectivity index (χ3v) is 4.28. The Morgan fingerprint density at radius 1 is 1.26 bits per heavy atom. The van der Waals surface area contributed by atoms with Gasteiger partial charge in [-0.2, -0.15) is 0 Å². The van der Waals surface area contributed by atoms with Crippen LogP contribution < -0.4 is 10.2 Å². The molecule has 0 bridgehead atoms. The standard InChI is InChI=1S/C17H28N2/c1-4-19(17-10-8-14(2)9-11-17)15(3)13-16-7-5-6-12-18-16/h8-11,15-16,18H,4-7,12-13H2,1-3H3. The number of nitrogens with one attached hydrogen (secondary N) is 1. The second kappa shape index (κ2) is 6.95. The zero-order chi connectivity index (χ0) is 13.7. The molecule has 0 radical (unpaired) electrons. The van der Waals surface area contributed by atoms with Crippen LogP contribution in [0.15, 0.2) is 24.3 Å². The van der Waals surface area contributed by atoms with E-state index in [1.54, 1.807) is 0 Å². The lowest BCUT2D eigenvalue weighted by Gasteiger charge is -2.34. The molecule has 0 spiro atoms. The van der Waals surface area contributed by atoms with Crippen LogP contribution in [0.1, 0.15) is 45.1 Å². The van der Waals surface area contributed by atoms with Crippen LogP contribution in [0.5, 0.6) is 0 Å². The van der Waals surface area contributed by atoms with Gasteiger partial charge in [0.25, 0.3) is 0 Å². The van der Waals surface area contributed by atoms with E-state index in [1.165, 1.54) is 43.5 Å². The molecule has 2 rings (SSSR count). The second-order valence-electron chi connectivity index (χ2n) is 5.85. The summed E-state index contributed by atoms with van der Waals surface area (Å²) in [4.78, 5) is 2.52. The second-order valence-corrected chi connectivity index (χ2v) is 5.85. The van der Waals surface area contributed by atoms with Gasteiger partial charge in [0.15, 0.2) is 0 Å². The van der Waals surface area contributed by atoms with E-state index >= 15 is 0 Å². The van der Waals surface area contributed by atoms with Crippen LogP contribution in [0.3, 0.4) is 0 Å². The molecule has 1 aromatic carbocycles. The summed E-state index contributed by atoms with van der Waals surface area (Å²) >= 11 is 0. The number of anilines is 1.